The van der Waals surface area contributed by atoms with Crippen molar-refractivity contribution >= 4 is 11.9 Å². The molecule has 2 heterocycles. The monoisotopic (exact) mass is 310 g/mol. The van der Waals surface area contributed by atoms with Crippen LogP contribution in [0, 0.1) is 0 Å². The van der Waals surface area contributed by atoms with Gasteiger partial charge in [0, 0.05) is 18.7 Å². The maximum atomic E-state index is 11.7. The Morgan fingerprint density at radius 3 is 2.26 bits per heavy atom. The van der Waals surface area contributed by atoms with Gasteiger partial charge in [0.15, 0.2) is 0 Å². The van der Waals surface area contributed by atoms with Crippen molar-refractivity contribution in [3.63, 3.8) is 0 Å². The molecular weight excluding hydrogens is 288 g/mol. The first-order valence-corrected chi connectivity index (χ1v) is 8.23. The minimum atomic E-state index is -0.516. The third kappa shape index (κ3) is 3.86. The number of aromatic nitrogens is 2. The zero-order chi connectivity index (χ0) is 16.1. The van der Waals surface area contributed by atoms with Crippen molar-refractivity contribution in [2.24, 2.45) is 5.73 Å². The Kier molecular flexibility index (Phi) is 4.86. The fourth-order valence-electron chi connectivity index (χ4n) is 2.91. The fraction of sp³-hybridized carbons (Fsp3) is 0.389. The second-order valence-corrected chi connectivity index (χ2v) is 5.92. The molecule has 0 bridgehead atoms. The molecule has 0 unspecified atom stereocenters. The zero-order valence-electron chi connectivity index (χ0n) is 13.2. The summed E-state index contributed by atoms with van der Waals surface area (Å²) in [5.41, 5.74) is 7.45. The first-order chi connectivity index (χ1) is 11.2. The third-order valence-corrected chi connectivity index (χ3v) is 4.18. The average Bonchev–Trinajstić information content (AvgIpc) is 2.55. The minimum absolute atomic E-state index is 0.274. The van der Waals surface area contributed by atoms with E-state index in [0.29, 0.717) is 5.95 Å². The van der Waals surface area contributed by atoms with E-state index in [0.717, 1.165) is 37.2 Å². The van der Waals surface area contributed by atoms with Crippen LogP contribution in [0.1, 0.15) is 42.6 Å². The van der Waals surface area contributed by atoms with E-state index in [-0.39, 0.29) is 5.69 Å². The number of carbonyl (C=O) groups is 1. The molecule has 3 rings (SSSR count). The van der Waals surface area contributed by atoms with E-state index in [4.69, 9.17) is 5.73 Å². The molecule has 1 aromatic carbocycles. The van der Waals surface area contributed by atoms with Crippen LogP contribution in [0.2, 0.25) is 0 Å². The summed E-state index contributed by atoms with van der Waals surface area (Å²) >= 11 is 0. The van der Waals surface area contributed by atoms with Gasteiger partial charge in [-0.05, 0) is 18.9 Å². The maximum absolute atomic E-state index is 11.7. The quantitative estimate of drug-likeness (QED) is 0.946. The van der Waals surface area contributed by atoms with Gasteiger partial charge in [-0.25, -0.2) is 9.97 Å². The van der Waals surface area contributed by atoms with Crippen LogP contribution in [-0.2, 0) is 0 Å². The van der Waals surface area contributed by atoms with Gasteiger partial charge in [0.2, 0.25) is 5.95 Å². The highest BCUT2D eigenvalue weighted by Crippen LogP contribution is 2.22. The molecule has 5 nitrogen and oxygen atoms in total. The van der Waals surface area contributed by atoms with Crippen molar-refractivity contribution in [3.05, 3.63) is 42.1 Å². The number of rotatable bonds is 3. The van der Waals surface area contributed by atoms with Gasteiger partial charge in [-0.1, -0.05) is 49.6 Å². The first kappa shape index (κ1) is 15.5. The summed E-state index contributed by atoms with van der Waals surface area (Å²) in [6.07, 6.45) is 6.02. The molecule has 1 aliphatic heterocycles. The van der Waals surface area contributed by atoms with Crippen molar-refractivity contribution in [3.8, 4) is 11.3 Å². The Morgan fingerprint density at radius 1 is 0.957 bits per heavy atom. The van der Waals surface area contributed by atoms with E-state index < -0.39 is 5.91 Å². The summed E-state index contributed by atoms with van der Waals surface area (Å²) in [5.74, 6) is 0.0972. The number of hydrogen-bond donors (Lipinski definition) is 1. The van der Waals surface area contributed by atoms with E-state index >= 15 is 0 Å². The molecule has 120 valence electrons. The summed E-state index contributed by atoms with van der Waals surface area (Å²) in [6.45, 7) is 1.85. The highest BCUT2D eigenvalue weighted by atomic mass is 16.1. The van der Waals surface area contributed by atoms with Gasteiger partial charge in [0.1, 0.15) is 5.69 Å². The molecule has 0 aliphatic carbocycles. The second-order valence-electron chi connectivity index (χ2n) is 5.92. The molecule has 2 N–H and O–H groups in total. The molecule has 23 heavy (non-hydrogen) atoms. The average molecular weight is 310 g/mol. The summed E-state index contributed by atoms with van der Waals surface area (Å²) in [4.78, 5) is 22.9. The van der Waals surface area contributed by atoms with Crippen molar-refractivity contribution in [2.75, 3.05) is 18.0 Å². The molecule has 1 aromatic heterocycles. The molecule has 0 spiro atoms. The summed E-state index contributed by atoms with van der Waals surface area (Å²) in [7, 11) is 0. The predicted molar refractivity (Wildman–Crippen MR) is 91.3 cm³/mol. The molecule has 1 aliphatic rings. The Balaban J connectivity index is 1.98. The van der Waals surface area contributed by atoms with Gasteiger partial charge < -0.3 is 10.6 Å². The second kappa shape index (κ2) is 7.22. The molecule has 1 amide bonds. The lowest BCUT2D eigenvalue weighted by Crippen LogP contribution is -2.30. The number of benzene rings is 1. The largest absolute Gasteiger partial charge is 0.364 e. The number of nitrogens with zero attached hydrogens (tertiary/aromatic N) is 3. The Hall–Kier alpha value is -2.43. The van der Waals surface area contributed by atoms with E-state index in [1.54, 1.807) is 6.07 Å². The number of primary amides is 1. The van der Waals surface area contributed by atoms with Crippen LogP contribution in [0.4, 0.5) is 5.95 Å². The van der Waals surface area contributed by atoms with Gasteiger partial charge in [-0.15, -0.1) is 0 Å². The number of nitrogens with two attached hydrogens (primary N) is 1. The number of anilines is 1. The fourth-order valence-corrected chi connectivity index (χ4v) is 2.91. The van der Waals surface area contributed by atoms with Crippen LogP contribution >= 0.6 is 0 Å². The van der Waals surface area contributed by atoms with Crippen LogP contribution in [0.25, 0.3) is 11.3 Å². The molecule has 2 aromatic rings. The van der Waals surface area contributed by atoms with Crippen LogP contribution in [0.5, 0.6) is 0 Å². The first-order valence-electron chi connectivity index (χ1n) is 8.23. The van der Waals surface area contributed by atoms with Crippen LogP contribution in [-0.4, -0.2) is 29.0 Å². The SMILES string of the molecule is NC(=O)c1cc(-c2ccccc2)nc(N2CCCCCCC2)n1. The van der Waals surface area contributed by atoms with Crippen molar-refractivity contribution in [2.45, 2.75) is 32.1 Å². The standard InChI is InChI=1S/C18H22N4O/c19-17(23)16-13-15(14-9-5-4-6-10-14)20-18(21-16)22-11-7-2-1-3-8-12-22/h4-6,9-10,13H,1-3,7-8,11-12H2,(H2,19,23). The molecule has 5 heteroatoms. The lowest BCUT2D eigenvalue weighted by molar-refractivity contribution is 0.0995. The van der Waals surface area contributed by atoms with E-state index in [1.165, 1.54) is 19.3 Å². The van der Waals surface area contributed by atoms with Crippen molar-refractivity contribution < 1.29 is 4.79 Å². The van der Waals surface area contributed by atoms with E-state index in [9.17, 15) is 4.79 Å². The number of carbonyl (C=O) groups excluding carboxylic acids is 1. The van der Waals surface area contributed by atoms with Gasteiger partial charge in [-0.3, -0.25) is 4.79 Å². The van der Waals surface area contributed by atoms with E-state index in [1.807, 2.05) is 30.3 Å². The highest BCUT2D eigenvalue weighted by molar-refractivity contribution is 5.92. The zero-order valence-corrected chi connectivity index (χ0v) is 13.2. The van der Waals surface area contributed by atoms with Gasteiger partial charge in [0.05, 0.1) is 5.69 Å². The molecule has 0 saturated carbocycles. The Bertz CT molecular complexity index is 664. The maximum Gasteiger partial charge on any atom is 0.267 e. The van der Waals surface area contributed by atoms with Gasteiger partial charge >= 0.3 is 0 Å². The highest BCUT2D eigenvalue weighted by Gasteiger charge is 2.16. The van der Waals surface area contributed by atoms with E-state index in [2.05, 4.69) is 14.9 Å². The minimum Gasteiger partial charge on any atom is -0.364 e. The van der Waals surface area contributed by atoms with Crippen molar-refractivity contribution in [1.82, 2.24) is 9.97 Å². The van der Waals surface area contributed by atoms with Crippen LogP contribution < -0.4 is 10.6 Å². The third-order valence-electron chi connectivity index (χ3n) is 4.18. The topological polar surface area (TPSA) is 72.1 Å². The lowest BCUT2D eigenvalue weighted by atomic mass is 10.1. The van der Waals surface area contributed by atoms with Gasteiger partial charge in [-0.2, -0.15) is 0 Å². The predicted octanol–water partition coefficient (Wildman–Crippen LogP) is 3.01. The number of amides is 1. The smallest absolute Gasteiger partial charge is 0.267 e. The number of hydrogen-bond acceptors (Lipinski definition) is 4. The Morgan fingerprint density at radius 2 is 1.61 bits per heavy atom. The van der Waals surface area contributed by atoms with Crippen LogP contribution in [0.15, 0.2) is 36.4 Å². The van der Waals surface area contributed by atoms with Crippen LogP contribution in [0.3, 0.4) is 0 Å². The molecule has 0 radical (unpaired) electrons. The lowest BCUT2D eigenvalue weighted by Gasteiger charge is -2.25. The summed E-state index contributed by atoms with van der Waals surface area (Å²) in [5, 5.41) is 0. The van der Waals surface area contributed by atoms with Gasteiger partial charge in [0.25, 0.3) is 5.91 Å². The molecular formula is C18H22N4O. The molecule has 1 saturated heterocycles. The molecule has 1 fully saturated rings. The van der Waals surface area contributed by atoms with Crippen molar-refractivity contribution in [1.29, 1.82) is 0 Å². The normalized spacial score (nSPS) is 15.7. The summed E-state index contributed by atoms with van der Waals surface area (Å²) < 4.78 is 0. The molecule has 0 atom stereocenters. The Labute approximate surface area is 136 Å². The summed E-state index contributed by atoms with van der Waals surface area (Å²) in [6, 6.07) is 11.5.